The molecular weight excluding hydrogens is 512 g/mol. The van der Waals surface area contributed by atoms with Crippen LogP contribution < -0.4 is 10.5 Å². The zero-order chi connectivity index (χ0) is 25.8. The number of nitrogens with one attached hydrogen (secondary N) is 1. The molecule has 33 heavy (non-hydrogen) atoms. The zero-order valence-electron chi connectivity index (χ0n) is 15.6. The summed E-state index contributed by atoms with van der Waals surface area (Å²) < 4.78 is 116. The molecule has 0 saturated carbocycles. The van der Waals surface area contributed by atoms with Gasteiger partial charge in [0.15, 0.2) is 0 Å². The molecule has 2 aromatic carbocycles. The number of alkyl halides is 6. The highest BCUT2D eigenvalue weighted by atomic mass is 32.2. The number of benzene rings is 2. The number of nitrogens with two attached hydrogens (primary N) is 1. The summed E-state index contributed by atoms with van der Waals surface area (Å²) in [7, 11) is -11.1. The molecule has 0 radical (unpaired) electrons. The minimum absolute atomic E-state index is 0.0321. The zero-order valence-corrected chi connectivity index (χ0v) is 17.2. The van der Waals surface area contributed by atoms with Crippen molar-refractivity contribution in [1.29, 1.82) is 0 Å². The normalized spacial score (nSPS) is 12.3. The first kappa shape index (κ1) is 27.6. The van der Waals surface area contributed by atoms with Crippen molar-refractivity contribution >= 4 is 37.1 Å². The lowest BCUT2D eigenvalue weighted by atomic mass is 10.2. The van der Waals surface area contributed by atoms with Gasteiger partial charge in [-0.05, 0) is 24.3 Å². The van der Waals surface area contributed by atoms with E-state index < -0.39 is 57.9 Å². The number of hydrogen-bond donors (Lipinski definition) is 2. The van der Waals surface area contributed by atoms with Gasteiger partial charge in [-0.25, -0.2) is 13.1 Å². The number of nitrogen functional groups attached to an aromatic ring is 1. The molecule has 0 spiro atoms. The summed E-state index contributed by atoms with van der Waals surface area (Å²) in [5, 5.41) is 10.4. The fourth-order valence-electron chi connectivity index (χ4n) is 1.81. The van der Waals surface area contributed by atoms with Crippen LogP contribution in [-0.4, -0.2) is 38.7 Å². The number of hydrogen-bond acceptors (Lipinski definition) is 8. The standard InChI is InChI=1S/C8H5F3N2O5S.C7H6F3NO2S/c9-8(10,11)19(17,18)12-7(14)5-2-1-3-6(4-5)13(15)16;8-7(9,10)14(12,13)6-3-1-2-5(11)4-6/h1-4H,(H,12,14);1-4H,11H2. The molecule has 0 aliphatic heterocycles. The van der Waals surface area contributed by atoms with Gasteiger partial charge in [-0.1, -0.05) is 12.1 Å². The number of halogens is 6. The highest BCUT2D eigenvalue weighted by molar-refractivity contribution is 7.92. The molecule has 0 fully saturated rings. The van der Waals surface area contributed by atoms with Crippen LogP contribution in [-0.2, 0) is 19.9 Å². The molecule has 1 amide bonds. The Labute approximate surface area is 181 Å². The molecule has 0 unspecified atom stereocenters. The fourth-order valence-corrected chi connectivity index (χ4v) is 3.11. The van der Waals surface area contributed by atoms with E-state index in [4.69, 9.17) is 5.73 Å². The lowest BCUT2D eigenvalue weighted by molar-refractivity contribution is -0.384. The van der Waals surface area contributed by atoms with E-state index in [1.165, 1.54) is 6.07 Å². The van der Waals surface area contributed by atoms with Crippen molar-refractivity contribution in [3.63, 3.8) is 0 Å². The Morgan fingerprint density at radius 3 is 1.91 bits per heavy atom. The number of sulfone groups is 1. The average Bonchev–Trinajstić information content (AvgIpc) is 2.66. The Hall–Kier alpha value is -3.41. The van der Waals surface area contributed by atoms with E-state index >= 15 is 0 Å². The second-order valence-electron chi connectivity index (χ2n) is 5.71. The van der Waals surface area contributed by atoms with Crippen LogP contribution in [0.15, 0.2) is 53.4 Å². The van der Waals surface area contributed by atoms with Gasteiger partial charge in [-0.15, -0.1) is 0 Å². The Bertz CT molecular complexity index is 1260. The second kappa shape index (κ2) is 9.61. The van der Waals surface area contributed by atoms with Gasteiger partial charge in [0, 0.05) is 23.4 Å². The molecule has 0 aliphatic rings. The van der Waals surface area contributed by atoms with Crippen molar-refractivity contribution in [2.24, 2.45) is 0 Å². The maximum absolute atomic E-state index is 12.0. The molecule has 18 heteroatoms. The predicted octanol–water partition coefficient (Wildman–Crippen LogP) is 2.74. The quantitative estimate of drug-likeness (QED) is 0.267. The summed E-state index contributed by atoms with van der Waals surface area (Å²) in [6.07, 6.45) is 0. The van der Waals surface area contributed by atoms with Crippen molar-refractivity contribution in [1.82, 2.24) is 4.72 Å². The smallest absolute Gasteiger partial charge is 0.399 e. The maximum atomic E-state index is 12.0. The fraction of sp³-hybridized carbons (Fsp3) is 0.133. The number of amides is 1. The number of carbonyl (C=O) groups excluding carboxylic acids is 1. The van der Waals surface area contributed by atoms with Gasteiger partial charge in [0.05, 0.1) is 9.82 Å². The van der Waals surface area contributed by atoms with Crippen molar-refractivity contribution in [2.45, 2.75) is 15.9 Å². The minimum atomic E-state index is -5.85. The minimum Gasteiger partial charge on any atom is -0.399 e. The molecule has 0 saturated heterocycles. The van der Waals surface area contributed by atoms with Crippen LogP contribution in [0.2, 0.25) is 0 Å². The van der Waals surface area contributed by atoms with Crippen molar-refractivity contribution in [3.8, 4) is 0 Å². The SMILES string of the molecule is Nc1cccc(S(=O)(=O)C(F)(F)F)c1.O=C(NS(=O)(=O)C(F)(F)F)c1cccc([N+](=O)[O-])c1. The van der Waals surface area contributed by atoms with Gasteiger partial charge >= 0.3 is 21.0 Å². The number of carbonyl (C=O) groups is 1. The summed E-state index contributed by atoms with van der Waals surface area (Å²) in [6, 6.07) is 7.68. The topological polar surface area (TPSA) is 167 Å². The lowest BCUT2D eigenvalue weighted by Crippen LogP contribution is -2.40. The third kappa shape index (κ3) is 7.04. The van der Waals surface area contributed by atoms with E-state index in [2.05, 4.69) is 0 Å². The summed E-state index contributed by atoms with van der Waals surface area (Å²) >= 11 is 0. The van der Waals surface area contributed by atoms with Crippen LogP contribution >= 0.6 is 0 Å². The monoisotopic (exact) mass is 523 g/mol. The molecular formula is C15H11F6N3O7S2. The molecule has 3 N–H and O–H groups in total. The first-order valence-electron chi connectivity index (χ1n) is 7.84. The van der Waals surface area contributed by atoms with E-state index in [0.717, 1.165) is 41.1 Å². The number of non-ortho nitro benzene ring substituents is 1. The van der Waals surface area contributed by atoms with E-state index in [0.29, 0.717) is 6.07 Å². The Balaban J connectivity index is 0.000000346. The maximum Gasteiger partial charge on any atom is 0.516 e. The van der Waals surface area contributed by atoms with Gasteiger partial charge in [0.1, 0.15) is 0 Å². The Morgan fingerprint density at radius 1 is 0.909 bits per heavy atom. The first-order chi connectivity index (χ1) is 14.8. The van der Waals surface area contributed by atoms with Gasteiger partial charge in [0.2, 0.25) is 0 Å². The summed E-state index contributed by atoms with van der Waals surface area (Å²) in [5.74, 6) is -1.61. The van der Waals surface area contributed by atoms with Crippen molar-refractivity contribution in [2.75, 3.05) is 5.73 Å². The molecule has 0 bridgehead atoms. The lowest BCUT2D eigenvalue weighted by Gasteiger charge is -2.09. The first-order valence-corrected chi connectivity index (χ1v) is 10.8. The second-order valence-corrected chi connectivity index (χ2v) is 9.32. The summed E-state index contributed by atoms with van der Waals surface area (Å²) in [5.41, 5.74) is -6.95. The third-order valence-corrected chi connectivity index (χ3v) is 5.87. The number of anilines is 1. The van der Waals surface area contributed by atoms with Crippen LogP contribution in [0, 0.1) is 10.1 Å². The van der Waals surface area contributed by atoms with Gasteiger partial charge in [-0.2, -0.15) is 34.8 Å². The van der Waals surface area contributed by atoms with E-state index in [1.54, 1.807) is 0 Å². The molecule has 10 nitrogen and oxygen atoms in total. The van der Waals surface area contributed by atoms with E-state index in [9.17, 15) is 58.1 Å². The van der Waals surface area contributed by atoms with Crippen molar-refractivity contribution < 1.29 is 52.9 Å². The number of nitro groups is 1. The predicted molar refractivity (Wildman–Crippen MR) is 99.6 cm³/mol. The number of nitro benzene ring substituents is 1. The van der Waals surface area contributed by atoms with Gasteiger partial charge in [-0.3, -0.25) is 14.9 Å². The average molecular weight is 523 g/mol. The molecule has 182 valence electrons. The van der Waals surface area contributed by atoms with Gasteiger partial charge < -0.3 is 5.73 Å². The summed E-state index contributed by atoms with van der Waals surface area (Å²) in [6.45, 7) is 0. The third-order valence-electron chi connectivity index (χ3n) is 3.32. The van der Waals surface area contributed by atoms with E-state index in [-0.39, 0.29) is 5.69 Å². The summed E-state index contributed by atoms with van der Waals surface area (Å²) in [4.78, 5) is 19.9. The Morgan fingerprint density at radius 2 is 1.45 bits per heavy atom. The highest BCUT2D eigenvalue weighted by Gasteiger charge is 2.47. The molecule has 2 aromatic rings. The highest BCUT2D eigenvalue weighted by Crippen LogP contribution is 2.30. The number of rotatable bonds is 4. The van der Waals surface area contributed by atoms with Crippen LogP contribution in [0.25, 0.3) is 0 Å². The van der Waals surface area contributed by atoms with E-state index in [1.807, 2.05) is 0 Å². The van der Waals surface area contributed by atoms with Crippen LogP contribution in [0.4, 0.5) is 37.7 Å². The van der Waals surface area contributed by atoms with Crippen LogP contribution in [0.5, 0.6) is 0 Å². The van der Waals surface area contributed by atoms with Crippen LogP contribution in [0.1, 0.15) is 10.4 Å². The Kier molecular flexibility index (Phi) is 8.04. The molecule has 0 heterocycles. The number of nitrogens with zero attached hydrogens (tertiary/aromatic N) is 1. The van der Waals surface area contributed by atoms with Gasteiger partial charge in [0.25, 0.3) is 21.4 Å². The van der Waals surface area contributed by atoms with Crippen LogP contribution in [0.3, 0.4) is 0 Å². The molecule has 0 aliphatic carbocycles. The van der Waals surface area contributed by atoms with Crippen molar-refractivity contribution in [3.05, 3.63) is 64.2 Å². The number of sulfonamides is 1. The largest absolute Gasteiger partial charge is 0.516 e. The molecule has 2 rings (SSSR count). The molecule has 0 aromatic heterocycles. The molecule has 0 atom stereocenters.